The molecule has 4 rings (SSSR count). The average Bonchev–Trinajstić information content (AvgIpc) is 3.05. The van der Waals surface area contributed by atoms with E-state index in [1.54, 1.807) is 18.2 Å². The molecule has 0 bridgehead atoms. The average molecular weight is 373 g/mol. The predicted molar refractivity (Wildman–Crippen MR) is 108 cm³/mol. The molecule has 1 amide bonds. The highest BCUT2D eigenvalue weighted by atomic mass is 19.1. The molecular formula is C23H20FN3O. The van der Waals surface area contributed by atoms with Crippen LogP contribution >= 0.6 is 0 Å². The number of rotatable bonds is 5. The van der Waals surface area contributed by atoms with Crippen molar-refractivity contribution in [1.29, 1.82) is 0 Å². The summed E-state index contributed by atoms with van der Waals surface area (Å²) in [6.45, 7) is 2.82. The molecule has 0 spiro atoms. The highest BCUT2D eigenvalue weighted by Gasteiger charge is 2.13. The number of aromatic nitrogens is 2. The first-order chi connectivity index (χ1) is 13.6. The van der Waals surface area contributed by atoms with Crippen molar-refractivity contribution < 1.29 is 9.18 Å². The first kappa shape index (κ1) is 17.9. The summed E-state index contributed by atoms with van der Waals surface area (Å²) in [4.78, 5) is 17.2. The van der Waals surface area contributed by atoms with Crippen molar-refractivity contribution in [3.05, 3.63) is 101 Å². The third-order valence-corrected chi connectivity index (χ3v) is 4.67. The van der Waals surface area contributed by atoms with E-state index in [0.29, 0.717) is 18.7 Å². The van der Waals surface area contributed by atoms with Crippen LogP contribution in [0.2, 0.25) is 0 Å². The molecule has 1 heterocycles. The summed E-state index contributed by atoms with van der Waals surface area (Å²) in [6.07, 6.45) is 0. The number of benzene rings is 3. The number of aryl methyl sites for hydroxylation is 1. The molecule has 0 aliphatic rings. The molecule has 0 atom stereocenters. The predicted octanol–water partition coefficient (Wildman–Crippen LogP) is 4.46. The second-order valence-electron chi connectivity index (χ2n) is 6.78. The summed E-state index contributed by atoms with van der Waals surface area (Å²) in [5, 5.41) is 2.96. The van der Waals surface area contributed by atoms with Gasteiger partial charge < -0.3 is 9.88 Å². The standard InChI is InChI=1S/C23H20FN3O/c1-16-5-4-6-18(13-16)23(28)25-14-22-26-20-7-2-3-8-21(20)27(22)15-17-9-11-19(24)12-10-17/h2-13H,14-15H2,1H3,(H,25,28). The van der Waals surface area contributed by atoms with Crippen LogP contribution in [0.1, 0.15) is 27.3 Å². The summed E-state index contributed by atoms with van der Waals surface area (Å²) in [7, 11) is 0. The van der Waals surface area contributed by atoms with Crippen LogP contribution in [0.3, 0.4) is 0 Å². The van der Waals surface area contributed by atoms with Crippen molar-refractivity contribution in [1.82, 2.24) is 14.9 Å². The fourth-order valence-corrected chi connectivity index (χ4v) is 3.26. The van der Waals surface area contributed by atoms with Crippen LogP contribution < -0.4 is 5.32 Å². The van der Waals surface area contributed by atoms with E-state index in [1.807, 2.05) is 49.4 Å². The van der Waals surface area contributed by atoms with Gasteiger partial charge in [0.25, 0.3) is 5.91 Å². The maximum atomic E-state index is 13.2. The number of hydrogen-bond acceptors (Lipinski definition) is 2. The molecule has 1 N–H and O–H groups in total. The summed E-state index contributed by atoms with van der Waals surface area (Å²) in [5.41, 5.74) is 4.48. The van der Waals surface area contributed by atoms with Gasteiger partial charge in [-0.25, -0.2) is 9.37 Å². The lowest BCUT2D eigenvalue weighted by Gasteiger charge is -2.11. The van der Waals surface area contributed by atoms with E-state index in [1.165, 1.54) is 12.1 Å². The Balaban J connectivity index is 1.61. The lowest BCUT2D eigenvalue weighted by Crippen LogP contribution is -2.25. The molecule has 5 heteroatoms. The molecule has 0 aliphatic carbocycles. The van der Waals surface area contributed by atoms with Crippen LogP contribution in [-0.2, 0) is 13.1 Å². The second-order valence-corrected chi connectivity index (χ2v) is 6.78. The van der Waals surface area contributed by atoms with Crippen molar-refractivity contribution in [2.24, 2.45) is 0 Å². The zero-order valence-electron chi connectivity index (χ0n) is 15.5. The lowest BCUT2D eigenvalue weighted by molar-refractivity contribution is 0.0949. The molecule has 4 nitrogen and oxygen atoms in total. The normalized spacial score (nSPS) is 10.9. The Kier molecular flexibility index (Phi) is 4.89. The molecule has 0 aliphatic heterocycles. The smallest absolute Gasteiger partial charge is 0.251 e. The highest BCUT2D eigenvalue weighted by molar-refractivity contribution is 5.94. The summed E-state index contributed by atoms with van der Waals surface area (Å²) < 4.78 is 15.3. The van der Waals surface area contributed by atoms with Crippen LogP contribution in [0.25, 0.3) is 11.0 Å². The molecule has 1 aromatic heterocycles. The summed E-state index contributed by atoms with van der Waals surface area (Å²) >= 11 is 0. The van der Waals surface area contributed by atoms with Gasteiger partial charge in [-0.15, -0.1) is 0 Å². The van der Waals surface area contributed by atoms with Crippen molar-refractivity contribution in [2.45, 2.75) is 20.0 Å². The van der Waals surface area contributed by atoms with E-state index in [9.17, 15) is 9.18 Å². The van der Waals surface area contributed by atoms with Crippen molar-refractivity contribution in [3.63, 3.8) is 0 Å². The van der Waals surface area contributed by atoms with E-state index in [2.05, 4.69) is 14.9 Å². The number of carbonyl (C=O) groups excluding carboxylic acids is 1. The van der Waals surface area contributed by atoms with Gasteiger partial charge in [0.1, 0.15) is 11.6 Å². The van der Waals surface area contributed by atoms with Gasteiger partial charge in [-0.2, -0.15) is 0 Å². The Labute approximate surface area is 162 Å². The SMILES string of the molecule is Cc1cccc(C(=O)NCc2nc3ccccc3n2Cc2ccc(F)cc2)c1. The fraction of sp³-hybridized carbons (Fsp3) is 0.130. The zero-order chi connectivity index (χ0) is 19.5. The minimum atomic E-state index is -0.259. The number of para-hydroxylation sites is 2. The quantitative estimate of drug-likeness (QED) is 0.561. The topological polar surface area (TPSA) is 46.9 Å². The van der Waals surface area contributed by atoms with E-state index in [4.69, 9.17) is 0 Å². The van der Waals surface area contributed by atoms with E-state index >= 15 is 0 Å². The molecule has 0 radical (unpaired) electrons. The molecular weight excluding hydrogens is 353 g/mol. The van der Waals surface area contributed by atoms with Crippen LogP contribution in [0, 0.1) is 12.7 Å². The van der Waals surface area contributed by atoms with E-state index in [0.717, 1.165) is 28.0 Å². The van der Waals surface area contributed by atoms with Gasteiger partial charge in [0.2, 0.25) is 0 Å². The zero-order valence-corrected chi connectivity index (χ0v) is 15.5. The maximum Gasteiger partial charge on any atom is 0.251 e. The third kappa shape index (κ3) is 3.78. The van der Waals surface area contributed by atoms with E-state index in [-0.39, 0.29) is 11.7 Å². The van der Waals surface area contributed by atoms with E-state index < -0.39 is 0 Å². The lowest BCUT2D eigenvalue weighted by atomic mass is 10.1. The van der Waals surface area contributed by atoms with Gasteiger partial charge in [-0.05, 0) is 48.9 Å². The number of carbonyl (C=O) groups is 1. The molecule has 0 saturated carbocycles. The van der Waals surface area contributed by atoms with Crippen LogP contribution in [0.15, 0.2) is 72.8 Å². The Hall–Kier alpha value is -3.47. The first-order valence-corrected chi connectivity index (χ1v) is 9.13. The summed E-state index contributed by atoms with van der Waals surface area (Å²) in [6, 6.07) is 21.8. The van der Waals surface area contributed by atoms with Crippen LogP contribution in [0.4, 0.5) is 4.39 Å². The Morgan fingerprint density at radius 2 is 1.82 bits per heavy atom. The number of halogens is 1. The first-order valence-electron chi connectivity index (χ1n) is 9.13. The Morgan fingerprint density at radius 3 is 2.61 bits per heavy atom. The van der Waals surface area contributed by atoms with Crippen molar-refractivity contribution >= 4 is 16.9 Å². The number of nitrogens with zero attached hydrogens (tertiary/aromatic N) is 2. The monoisotopic (exact) mass is 373 g/mol. The molecule has 140 valence electrons. The van der Waals surface area contributed by atoms with Gasteiger partial charge in [0.15, 0.2) is 0 Å². The molecule has 0 unspecified atom stereocenters. The molecule has 3 aromatic carbocycles. The number of imidazole rings is 1. The third-order valence-electron chi connectivity index (χ3n) is 4.67. The number of amides is 1. The van der Waals surface area contributed by atoms with Gasteiger partial charge in [-0.1, -0.05) is 42.0 Å². The number of fused-ring (bicyclic) bond motifs is 1. The van der Waals surface area contributed by atoms with Crippen LogP contribution in [0.5, 0.6) is 0 Å². The second kappa shape index (κ2) is 7.64. The number of hydrogen-bond donors (Lipinski definition) is 1. The Bertz CT molecular complexity index is 1130. The largest absolute Gasteiger partial charge is 0.345 e. The number of nitrogens with one attached hydrogen (secondary N) is 1. The van der Waals surface area contributed by atoms with Gasteiger partial charge >= 0.3 is 0 Å². The molecule has 0 fully saturated rings. The molecule has 28 heavy (non-hydrogen) atoms. The molecule has 0 saturated heterocycles. The minimum Gasteiger partial charge on any atom is -0.345 e. The fourth-order valence-electron chi connectivity index (χ4n) is 3.26. The maximum absolute atomic E-state index is 13.2. The van der Waals surface area contributed by atoms with Gasteiger partial charge in [0, 0.05) is 12.1 Å². The van der Waals surface area contributed by atoms with Gasteiger partial charge in [-0.3, -0.25) is 4.79 Å². The van der Waals surface area contributed by atoms with Crippen LogP contribution in [-0.4, -0.2) is 15.5 Å². The minimum absolute atomic E-state index is 0.135. The highest BCUT2D eigenvalue weighted by Crippen LogP contribution is 2.18. The van der Waals surface area contributed by atoms with Crippen molar-refractivity contribution in [3.8, 4) is 0 Å². The molecule has 4 aromatic rings. The van der Waals surface area contributed by atoms with Gasteiger partial charge in [0.05, 0.1) is 17.6 Å². The summed E-state index contributed by atoms with van der Waals surface area (Å²) in [5.74, 6) is 0.362. The Morgan fingerprint density at radius 1 is 1.04 bits per heavy atom. The van der Waals surface area contributed by atoms with Crippen molar-refractivity contribution in [2.75, 3.05) is 0 Å².